The van der Waals surface area contributed by atoms with Crippen molar-refractivity contribution in [2.45, 2.75) is 31.8 Å². The third-order valence-corrected chi connectivity index (χ3v) is 4.52. The lowest BCUT2D eigenvalue weighted by Gasteiger charge is -2.33. The summed E-state index contributed by atoms with van der Waals surface area (Å²) in [7, 11) is 0. The molecule has 1 fully saturated rings. The quantitative estimate of drug-likeness (QED) is 0.886. The fraction of sp³-hybridized carbons (Fsp3) is 0.389. The standard InChI is InChI=1S/C18H20FN3O3/c1-11-20-15(10-16(23)21-11)12-6-8-22(9-7-12)18(25)17(24)13-2-4-14(19)5-3-13/h2-5,10,12,17,24H,6-9H2,1H3,(H,20,21,23)/t17-/m1/s1. The van der Waals surface area contributed by atoms with Crippen LogP contribution in [0.4, 0.5) is 4.39 Å². The number of aryl methyl sites for hydroxylation is 1. The Hall–Kier alpha value is -2.54. The normalized spacial score (nSPS) is 16.7. The molecule has 7 heteroatoms. The molecule has 1 saturated heterocycles. The third-order valence-electron chi connectivity index (χ3n) is 4.52. The molecule has 2 aromatic rings. The molecule has 0 aliphatic carbocycles. The van der Waals surface area contributed by atoms with Crippen molar-refractivity contribution in [3.8, 4) is 0 Å². The maximum atomic E-state index is 13.0. The van der Waals surface area contributed by atoms with Crippen molar-refractivity contribution in [1.82, 2.24) is 14.9 Å². The van der Waals surface area contributed by atoms with Crippen LogP contribution in [-0.2, 0) is 4.79 Å². The van der Waals surface area contributed by atoms with Crippen molar-refractivity contribution in [1.29, 1.82) is 0 Å². The number of piperidine rings is 1. The number of amides is 1. The molecule has 0 spiro atoms. The summed E-state index contributed by atoms with van der Waals surface area (Å²) in [5.41, 5.74) is 0.945. The zero-order valence-corrected chi connectivity index (χ0v) is 13.9. The van der Waals surface area contributed by atoms with E-state index >= 15 is 0 Å². The van der Waals surface area contributed by atoms with Crippen molar-refractivity contribution in [2.75, 3.05) is 13.1 Å². The van der Waals surface area contributed by atoms with E-state index < -0.39 is 11.9 Å². The van der Waals surface area contributed by atoms with E-state index in [1.807, 2.05) is 0 Å². The molecule has 132 valence electrons. The van der Waals surface area contributed by atoms with Gasteiger partial charge in [0.25, 0.3) is 11.5 Å². The second-order valence-electron chi connectivity index (χ2n) is 6.31. The number of nitrogens with zero attached hydrogens (tertiary/aromatic N) is 2. The minimum absolute atomic E-state index is 0.119. The Morgan fingerprint density at radius 3 is 2.56 bits per heavy atom. The molecule has 0 unspecified atom stereocenters. The number of halogens is 1. The molecule has 1 atom stereocenters. The summed E-state index contributed by atoms with van der Waals surface area (Å²) < 4.78 is 13.0. The van der Waals surface area contributed by atoms with Gasteiger partial charge in [-0.2, -0.15) is 0 Å². The van der Waals surface area contributed by atoms with Crippen molar-refractivity contribution in [2.24, 2.45) is 0 Å². The van der Waals surface area contributed by atoms with Crippen molar-refractivity contribution < 1.29 is 14.3 Å². The monoisotopic (exact) mass is 345 g/mol. The zero-order chi connectivity index (χ0) is 18.0. The number of likely N-dealkylation sites (tertiary alicyclic amines) is 1. The number of aliphatic hydroxyl groups is 1. The molecule has 1 aliphatic heterocycles. The second kappa shape index (κ2) is 7.14. The van der Waals surface area contributed by atoms with Crippen LogP contribution in [-0.4, -0.2) is 39.0 Å². The SMILES string of the molecule is Cc1nc(C2CCN(C(=O)[C@H](O)c3ccc(F)cc3)CC2)cc(=O)[nH]1. The van der Waals surface area contributed by atoms with Gasteiger partial charge in [-0.1, -0.05) is 12.1 Å². The molecule has 1 amide bonds. The van der Waals surface area contributed by atoms with Gasteiger partial charge in [-0.15, -0.1) is 0 Å². The van der Waals surface area contributed by atoms with Crippen molar-refractivity contribution in [3.05, 3.63) is 63.6 Å². The summed E-state index contributed by atoms with van der Waals surface area (Å²) in [6.07, 6.45) is 0.0623. The molecule has 3 rings (SSSR count). The molecule has 2 N–H and O–H groups in total. The first kappa shape index (κ1) is 17.3. The Labute approximate surface area is 144 Å². The number of carbonyl (C=O) groups is 1. The van der Waals surface area contributed by atoms with Crippen molar-refractivity contribution >= 4 is 5.91 Å². The summed E-state index contributed by atoms with van der Waals surface area (Å²) >= 11 is 0. The average Bonchev–Trinajstić information content (AvgIpc) is 2.60. The first-order chi connectivity index (χ1) is 11.9. The van der Waals surface area contributed by atoms with Crippen LogP contribution in [0, 0.1) is 12.7 Å². The highest BCUT2D eigenvalue weighted by Gasteiger charge is 2.29. The number of hydrogen-bond acceptors (Lipinski definition) is 4. The highest BCUT2D eigenvalue weighted by molar-refractivity contribution is 5.82. The minimum atomic E-state index is -1.29. The van der Waals surface area contributed by atoms with Gasteiger partial charge in [-0.25, -0.2) is 9.37 Å². The number of benzene rings is 1. The van der Waals surface area contributed by atoms with Crippen LogP contribution >= 0.6 is 0 Å². The Morgan fingerprint density at radius 2 is 1.96 bits per heavy atom. The van der Waals surface area contributed by atoms with E-state index in [1.165, 1.54) is 30.3 Å². The fourth-order valence-electron chi connectivity index (χ4n) is 3.17. The molecule has 1 aliphatic rings. The number of nitrogens with one attached hydrogen (secondary N) is 1. The lowest BCUT2D eigenvalue weighted by molar-refractivity contribution is -0.141. The first-order valence-electron chi connectivity index (χ1n) is 8.24. The molecule has 1 aromatic carbocycles. The highest BCUT2D eigenvalue weighted by atomic mass is 19.1. The fourth-order valence-corrected chi connectivity index (χ4v) is 3.17. The van der Waals surface area contributed by atoms with Gasteiger partial charge in [0, 0.05) is 25.1 Å². The number of H-pyrrole nitrogens is 1. The summed E-state index contributed by atoms with van der Waals surface area (Å²) in [5, 5.41) is 10.2. The van der Waals surface area contributed by atoms with Gasteiger partial charge in [-0.05, 0) is 37.5 Å². The molecule has 1 aromatic heterocycles. The largest absolute Gasteiger partial charge is 0.378 e. The van der Waals surface area contributed by atoms with Crippen LogP contribution in [0.5, 0.6) is 0 Å². The molecule has 0 radical (unpaired) electrons. The number of rotatable bonds is 3. The van der Waals surface area contributed by atoms with E-state index in [4.69, 9.17) is 0 Å². The summed E-state index contributed by atoms with van der Waals surface area (Å²) in [6, 6.07) is 6.77. The van der Waals surface area contributed by atoms with Gasteiger partial charge in [0.05, 0.1) is 5.69 Å². The molecule has 0 saturated carbocycles. The molecule has 0 bridgehead atoms. The lowest BCUT2D eigenvalue weighted by atomic mass is 9.92. The van der Waals surface area contributed by atoms with E-state index in [1.54, 1.807) is 11.8 Å². The Morgan fingerprint density at radius 1 is 1.32 bits per heavy atom. The highest BCUT2D eigenvalue weighted by Crippen LogP contribution is 2.27. The lowest BCUT2D eigenvalue weighted by Crippen LogP contribution is -2.41. The van der Waals surface area contributed by atoms with Gasteiger partial charge in [0.1, 0.15) is 11.6 Å². The Bertz CT molecular complexity index is 811. The summed E-state index contributed by atoms with van der Waals surface area (Å²) in [6.45, 7) is 2.70. The van der Waals surface area contributed by atoms with Crippen LogP contribution in [0.15, 0.2) is 35.1 Å². The van der Waals surface area contributed by atoms with E-state index in [0.29, 0.717) is 37.3 Å². The summed E-state index contributed by atoms with van der Waals surface area (Å²) in [5.74, 6) is -0.106. The van der Waals surface area contributed by atoms with E-state index in [2.05, 4.69) is 9.97 Å². The third kappa shape index (κ3) is 3.93. The van der Waals surface area contributed by atoms with Crippen LogP contribution < -0.4 is 5.56 Å². The molecule has 2 heterocycles. The Kier molecular flexibility index (Phi) is 4.94. The number of aromatic amines is 1. The minimum Gasteiger partial charge on any atom is -0.378 e. The first-order valence-corrected chi connectivity index (χ1v) is 8.24. The van der Waals surface area contributed by atoms with Gasteiger partial charge in [-0.3, -0.25) is 9.59 Å². The van der Waals surface area contributed by atoms with Gasteiger partial charge < -0.3 is 15.0 Å². The predicted octanol–water partition coefficient (Wildman–Crippen LogP) is 1.66. The van der Waals surface area contributed by atoms with E-state index in [0.717, 1.165) is 5.69 Å². The number of aliphatic hydroxyl groups excluding tert-OH is 1. The van der Waals surface area contributed by atoms with E-state index in [-0.39, 0.29) is 17.4 Å². The number of carbonyl (C=O) groups excluding carboxylic acids is 1. The summed E-state index contributed by atoms with van der Waals surface area (Å²) in [4.78, 5) is 32.6. The van der Waals surface area contributed by atoms with Crippen LogP contribution in [0.1, 0.15) is 41.9 Å². The van der Waals surface area contributed by atoms with Gasteiger partial charge in [0.15, 0.2) is 6.10 Å². The van der Waals surface area contributed by atoms with Crippen LogP contribution in [0.25, 0.3) is 0 Å². The van der Waals surface area contributed by atoms with Gasteiger partial charge >= 0.3 is 0 Å². The molecular formula is C18H20FN3O3. The number of aromatic nitrogens is 2. The molecule has 25 heavy (non-hydrogen) atoms. The zero-order valence-electron chi connectivity index (χ0n) is 13.9. The Balaban J connectivity index is 1.64. The van der Waals surface area contributed by atoms with Crippen LogP contribution in [0.2, 0.25) is 0 Å². The van der Waals surface area contributed by atoms with Crippen molar-refractivity contribution in [3.63, 3.8) is 0 Å². The van der Waals surface area contributed by atoms with Gasteiger partial charge in [0.2, 0.25) is 0 Å². The topological polar surface area (TPSA) is 86.3 Å². The van der Waals surface area contributed by atoms with Crippen LogP contribution in [0.3, 0.4) is 0 Å². The maximum absolute atomic E-state index is 13.0. The van der Waals surface area contributed by atoms with E-state index in [9.17, 15) is 19.1 Å². The molecular weight excluding hydrogens is 325 g/mol. The number of hydrogen-bond donors (Lipinski definition) is 2. The maximum Gasteiger partial charge on any atom is 0.256 e. The smallest absolute Gasteiger partial charge is 0.256 e. The molecule has 6 nitrogen and oxygen atoms in total. The average molecular weight is 345 g/mol. The second-order valence-corrected chi connectivity index (χ2v) is 6.31. The predicted molar refractivity (Wildman–Crippen MR) is 89.5 cm³/mol.